The standard InChI is InChI=1S/C23H25NO5/c24-11-17-8-7-16(23-22(28)21(27)20(26)19(12-25)29-23)10-18(17)9-13-1-3-14(4-2-13)15-5-6-15/h1-4,7-8,10,15,19-23,25-28H,5-6,9,12H2/t19?,20-,21?,22-,23?/m1/s1. The Bertz CT molecular complexity index is 900. The Labute approximate surface area is 169 Å². The third-order valence-corrected chi connectivity index (χ3v) is 5.89. The predicted molar refractivity (Wildman–Crippen MR) is 105 cm³/mol. The lowest BCUT2D eigenvalue weighted by Crippen LogP contribution is -2.55. The topological polar surface area (TPSA) is 114 Å². The average Bonchev–Trinajstić information content (AvgIpc) is 3.58. The summed E-state index contributed by atoms with van der Waals surface area (Å²) in [4.78, 5) is 0. The molecule has 29 heavy (non-hydrogen) atoms. The molecule has 0 aromatic heterocycles. The summed E-state index contributed by atoms with van der Waals surface area (Å²) in [5, 5.41) is 49.3. The number of ether oxygens (including phenoxy) is 1. The first-order chi connectivity index (χ1) is 14.0. The molecule has 152 valence electrons. The van der Waals surface area contributed by atoms with Gasteiger partial charge < -0.3 is 25.2 Å². The molecule has 2 aromatic carbocycles. The molecule has 1 aliphatic carbocycles. The minimum atomic E-state index is -1.43. The molecule has 0 spiro atoms. The van der Waals surface area contributed by atoms with Crippen LogP contribution in [-0.4, -0.2) is 51.4 Å². The number of nitriles is 1. The van der Waals surface area contributed by atoms with Gasteiger partial charge in [-0.25, -0.2) is 0 Å². The Kier molecular flexibility index (Phi) is 5.68. The van der Waals surface area contributed by atoms with E-state index in [1.54, 1.807) is 18.2 Å². The molecule has 2 aliphatic rings. The third kappa shape index (κ3) is 4.06. The highest BCUT2D eigenvalue weighted by atomic mass is 16.5. The maximum atomic E-state index is 10.4. The highest BCUT2D eigenvalue weighted by Crippen LogP contribution is 2.40. The summed E-state index contributed by atoms with van der Waals surface area (Å²) in [6.45, 7) is -0.474. The van der Waals surface area contributed by atoms with Crippen molar-refractivity contribution in [2.24, 2.45) is 0 Å². The Hall–Kier alpha value is -2.27. The minimum Gasteiger partial charge on any atom is -0.394 e. The number of nitrogens with zero attached hydrogens (tertiary/aromatic N) is 1. The average molecular weight is 395 g/mol. The van der Waals surface area contributed by atoms with Gasteiger partial charge in [0.2, 0.25) is 0 Å². The van der Waals surface area contributed by atoms with Crippen LogP contribution in [0.25, 0.3) is 0 Å². The SMILES string of the molecule is N#Cc1ccc(C2OC(CO)[C@@H](O)C(O)[C@H]2O)cc1Cc1ccc(C2CC2)cc1. The smallest absolute Gasteiger partial charge is 0.113 e. The van der Waals surface area contributed by atoms with Crippen molar-refractivity contribution in [3.05, 3.63) is 70.3 Å². The Morgan fingerprint density at radius 2 is 1.62 bits per heavy atom. The van der Waals surface area contributed by atoms with Crippen molar-refractivity contribution in [2.75, 3.05) is 6.61 Å². The predicted octanol–water partition coefficient (Wildman–Crippen LogP) is 1.54. The van der Waals surface area contributed by atoms with Crippen molar-refractivity contribution in [1.29, 1.82) is 5.26 Å². The molecular formula is C23H25NO5. The summed E-state index contributed by atoms with van der Waals surface area (Å²) in [5.41, 5.74) is 4.34. The highest BCUT2D eigenvalue weighted by molar-refractivity contribution is 5.44. The van der Waals surface area contributed by atoms with E-state index >= 15 is 0 Å². The van der Waals surface area contributed by atoms with E-state index in [2.05, 4.69) is 30.3 Å². The van der Waals surface area contributed by atoms with E-state index in [4.69, 9.17) is 4.74 Å². The molecule has 2 aromatic rings. The van der Waals surface area contributed by atoms with Crippen molar-refractivity contribution in [2.45, 2.75) is 55.7 Å². The Morgan fingerprint density at radius 3 is 2.24 bits per heavy atom. The summed E-state index contributed by atoms with van der Waals surface area (Å²) in [5.74, 6) is 0.688. The van der Waals surface area contributed by atoms with Crippen molar-refractivity contribution >= 4 is 0 Å². The molecule has 4 rings (SSSR count). The van der Waals surface area contributed by atoms with Crippen LogP contribution in [0, 0.1) is 11.3 Å². The van der Waals surface area contributed by atoms with Crippen LogP contribution in [0.15, 0.2) is 42.5 Å². The lowest BCUT2D eigenvalue weighted by Gasteiger charge is -2.40. The summed E-state index contributed by atoms with van der Waals surface area (Å²) in [7, 11) is 0. The zero-order valence-electron chi connectivity index (χ0n) is 16.0. The van der Waals surface area contributed by atoms with Crippen LogP contribution in [0.4, 0.5) is 0 Å². The van der Waals surface area contributed by atoms with Crippen LogP contribution in [0.5, 0.6) is 0 Å². The first kappa shape index (κ1) is 20.0. The zero-order valence-corrected chi connectivity index (χ0v) is 16.0. The molecule has 2 fully saturated rings. The lowest BCUT2D eigenvalue weighted by molar-refractivity contribution is -0.231. The molecule has 6 nitrogen and oxygen atoms in total. The molecule has 0 bridgehead atoms. The number of aliphatic hydroxyl groups is 4. The van der Waals surface area contributed by atoms with E-state index in [0.717, 1.165) is 11.1 Å². The van der Waals surface area contributed by atoms with Crippen molar-refractivity contribution in [3.63, 3.8) is 0 Å². The largest absolute Gasteiger partial charge is 0.394 e. The van der Waals surface area contributed by atoms with E-state index in [0.29, 0.717) is 23.5 Å². The summed E-state index contributed by atoms with van der Waals surface area (Å²) >= 11 is 0. The molecule has 4 N–H and O–H groups in total. The Morgan fingerprint density at radius 1 is 0.931 bits per heavy atom. The first-order valence-corrected chi connectivity index (χ1v) is 9.94. The fourth-order valence-corrected chi connectivity index (χ4v) is 3.97. The molecular weight excluding hydrogens is 370 g/mol. The fourth-order valence-electron chi connectivity index (χ4n) is 3.97. The molecule has 3 unspecified atom stereocenters. The normalized spacial score (nSPS) is 29.4. The van der Waals surface area contributed by atoms with Gasteiger partial charge in [0.25, 0.3) is 0 Å². The second-order valence-electron chi connectivity index (χ2n) is 7.97. The Balaban J connectivity index is 1.60. The maximum Gasteiger partial charge on any atom is 0.113 e. The van der Waals surface area contributed by atoms with Crippen molar-refractivity contribution in [3.8, 4) is 6.07 Å². The van der Waals surface area contributed by atoms with Crippen molar-refractivity contribution in [1.82, 2.24) is 0 Å². The van der Waals surface area contributed by atoms with Crippen molar-refractivity contribution < 1.29 is 25.2 Å². The highest BCUT2D eigenvalue weighted by Gasteiger charge is 2.44. The zero-order chi connectivity index (χ0) is 20.5. The van der Waals surface area contributed by atoms with Gasteiger partial charge in [-0.2, -0.15) is 5.26 Å². The maximum absolute atomic E-state index is 10.4. The van der Waals surface area contributed by atoms with Crippen LogP contribution in [0.3, 0.4) is 0 Å². The number of hydrogen-bond acceptors (Lipinski definition) is 6. The second kappa shape index (κ2) is 8.23. The molecule has 1 heterocycles. The van der Waals surface area contributed by atoms with Gasteiger partial charge in [-0.15, -0.1) is 0 Å². The molecule has 1 saturated carbocycles. The summed E-state index contributed by atoms with van der Waals surface area (Å²) in [6, 6.07) is 15.8. The third-order valence-electron chi connectivity index (χ3n) is 5.89. The summed E-state index contributed by atoms with van der Waals surface area (Å²) < 4.78 is 5.65. The van der Waals surface area contributed by atoms with E-state index < -0.39 is 37.1 Å². The number of aliphatic hydroxyl groups excluding tert-OH is 4. The van der Waals surface area contributed by atoms with Gasteiger partial charge in [-0.3, -0.25) is 0 Å². The van der Waals surface area contributed by atoms with E-state index in [1.165, 1.54) is 18.4 Å². The van der Waals surface area contributed by atoms with E-state index in [9.17, 15) is 25.7 Å². The lowest BCUT2D eigenvalue weighted by atomic mass is 9.89. The van der Waals surface area contributed by atoms with Crippen LogP contribution in [-0.2, 0) is 11.2 Å². The minimum absolute atomic E-state index is 0.474. The van der Waals surface area contributed by atoms with Gasteiger partial charge >= 0.3 is 0 Å². The van der Waals surface area contributed by atoms with Crippen LogP contribution >= 0.6 is 0 Å². The number of hydrogen-bond donors (Lipinski definition) is 4. The van der Waals surface area contributed by atoms with Gasteiger partial charge in [-0.05, 0) is 53.5 Å². The van der Waals surface area contributed by atoms with Gasteiger partial charge in [0.05, 0.1) is 18.2 Å². The van der Waals surface area contributed by atoms with Crippen LogP contribution in [0.1, 0.15) is 52.7 Å². The first-order valence-electron chi connectivity index (χ1n) is 9.94. The molecule has 0 radical (unpaired) electrons. The van der Waals surface area contributed by atoms with Gasteiger partial charge in [0.1, 0.15) is 30.5 Å². The molecule has 5 atom stereocenters. The van der Waals surface area contributed by atoms with Crippen LogP contribution < -0.4 is 0 Å². The monoisotopic (exact) mass is 395 g/mol. The van der Waals surface area contributed by atoms with Gasteiger partial charge in [0, 0.05) is 0 Å². The van der Waals surface area contributed by atoms with E-state index in [1.807, 2.05) is 0 Å². The van der Waals surface area contributed by atoms with E-state index in [-0.39, 0.29) is 0 Å². The number of rotatable bonds is 5. The molecule has 6 heteroatoms. The summed E-state index contributed by atoms with van der Waals surface area (Å²) in [6.07, 6.45) is -2.99. The van der Waals surface area contributed by atoms with Gasteiger partial charge in [-0.1, -0.05) is 36.4 Å². The quantitative estimate of drug-likeness (QED) is 0.611. The molecule has 0 amide bonds. The van der Waals surface area contributed by atoms with Crippen LogP contribution in [0.2, 0.25) is 0 Å². The fraction of sp³-hybridized carbons (Fsp3) is 0.435. The molecule has 1 aliphatic heterocycles. The molecule has 1 saturated heterocycles. The number of benzene rings is 2. The van der Waals surface area contributed by atoms with Gasteiger partial charge in [0.15, 0.2) is 0 Å². The second-order valence-corrected chi connectivity index (χ2v) is 7.97.